The highest BCUT2D eigenvalue weighted by molar-refractivity contribution is 8.00. The minimum Gasteiger partial charge on any atom is -0.330 e. The first-order chi connectivity index (χ1) is 23.2. The topological polar surface area (TPSA) is 174 Å². The minimum absolute atomic E-state index is 0.0232. The number of amides is 2. The standard InChI is InChI=1S/C29H34F6N8O2S4/c1-39-5-9-49-23-14-25(48-8-4-38)19(11-17(23)29(33,34)35)43-27(45)21-12-20(40-15-41-21)26(44)42-18-10-16(28(30,31)32)22(46-6-2-36)13-24(18)47-7-3-37/h10-15,39H,2-9,36-38H2,1H3,(H,42,44)(H,43,45). The van der Waals surface area contributed by atoms with Crippen molar-refractivity contribution in [2.45, 2.75) is 31.9 Å². The summed E-state index contributed by atoms with van der Waals surface area (Å²) in [6, 6.07) is 5.27. The van der Waals surface area contributed by atoms with Crippen molar-refractivity contribution in [1.82, 2.24) is 15.3 Å². The summed E-state index contributed by atoms with van der Waals surface area (Å²) in [6.45, 7) is 1.04. The Kier molecular flexibility index (Phi) is 15.8. The van der Waals surface area contributed by atoms with Crippen LogP contribution >= 0.6 is 47.0 Å². The highest BCUT2D eigenvalue weighted by atomic mass is 32.2. The van der Waals surface area contributed by atoms with Crippen LogP contribution in [0.1, 0.15) is 32.1 Å². The van der Waals surface area contributed by atoms with Crippen molar-refractivity contribution >= 4 is 70.2 Å². The van der Waals surface area contributed by atoms with E-state index in [2.05, 4.69) is 25.9 Å². The van der Waals surface area contributed by atoms with Crippen LogP contribution in [0.4, 0.5) is 37.7 Å². The highest BCUT2D eigenvalue weighted by Crippen LogP contribution is 2.43. The Labute approximate surface area is 295 Å². The van der Waals surface area contributed by atoms with Crippen molar-refractivity contribution in [3.63, 3.8) is 0 Å². The van der Waals surface area contributed by atoms with Crippen LogP contribution in [0.5, 0.6) is 0 Å². The van der Waals surface area contributed by atoms with Gasteiger partial charge in [0.2, 0.25) is 0 Å². The lowest BCUT2D eigenvalue weighted by Crippen LogP contribution is -2.20. The monoisotopic (exact) mass is 768 g/mol. The molecule has 0 unspecified atom stereocenters. The van der Waals surface area contributed by atoms with Gasteiger partial charge in [-0.05, 0) is 31.3 Å². The molecule has 0 spiro atoms. The molecule has 0 aliphatic carbocycles. The summed E-state index contributed by atoms with van der Waals surface area (Å²) in [4.78, 5) is 34.8. The molecule has 3 rings (SSSR count). The number of aromatic nitrogens is 2. The average Bonchev–Trinajstić information content (AvgIpc) is 3.05. The van der Waals surface area contributed by atoms with E-state index in [1.165, 1.54) is 12.1 Å². The second-order valence-corrected chi connectivity index (χ2v) is 14.3. The molecule has 0 atom stereocenters. The lowest BCUT2D eigenvalue weighted by atomic mass is 10.1. The molecule has 0 radical (unpaired) electrons. The van der Waals surface area contributed by atoms with Gasteiger partial charge in [-0.3, -0.25) is 9.59 Å². The second-order valence-electron chi connectivity index (χ2n) is 9.74. The van der Waals surface area contributed by atoms with E-state index in [4.69, 9.17) is 17.2 Å². The first-order valence-electron chi connectivity index (χ1n) is 14.4. The summed E-state index contributed by atoms with van der Waals surface area (Å²) in [6.07, 6.45) is -8.59. The van der Waals surface area contributed by atoms with Crippen LogP contribution in [0.25, 0.3) is 0 Å². The maximum Gasteiger partial charge on any atom is 0.417 e. The lowest BCUT2D eigenvalue weighted by molar-refractivity contribution is -0.140. The predicted molar refractivity (Wildman–Crippen MR) is 185 cm³/mol. The number of nitrogens with zero attached hydrogens (tertiary/aromatic N) is 2. The Bertz CT molecular complexity index is 1600. The fourth-order valence-electron chi connectivity index (χ4n) is 3.99. The number of carbonyl (C=O) groups is 2. The summed E-state index contributed by atoms with van der Waals surface area (Å²) in [5.74, 6) is -0.630. The SMILES string of the molecule is CNCCSc1cc(SCCN)c(NC(=O)c2cc(C(=O)Nc3cc(C(F)(F)F)c(SCCN)cc3SCCN)ncn2)cc1C(F)(F)F. The molecule has 0 aliphatic heterocycles. The maximum atomic E-state index is 14.1. The van der Waals surface area contributed by atoms with E-state index < -0.39 is 35.3 Å². The van der Waals surface area contributed by atoms with E-state index in [-0.39, 0.29) is 57.9 Å². The Morgan fingerprint density at radius 2 is 1.02 bits per heavy atom. The van der Waals surface area contributed by atoms with Gasteiger partial charge in [0.1, 0.15) is 17.7 Å². The number of carbonyl (C=O) groups excluding carboxylic acids is 2. The summed E-state index contributed by atoms with van der Waals surface area (Å²) >= 11 is 4.21. The quantitative estimate of drug-likeness (QED) is 0.0581. The van der Waals surface area contributed by atoms with Crippen molar-refractivity contribution < 1.29 is 35.9 Å². The number of halogens is 6. The molecule has 0 bridgehead atoms. The number of rotatable bonds is 17. The Morgan fingerprint density at radius 3 is 1.39 bits per heavy atom. The first-order valence-corrected chi connectivity index (χ1v) is 18.4. The number of hydrogen-bond donors (Lipinski definition) is 6. The highest BCUT2D eigenvalue weighted by Gasteiger charge is 2.36. The van der Waals surface area contributed by atoms with Gasteiger partial charge in [0.15, 0.2) is 0 Å². The molecule has 2 aromatic carbocycles. The molecule has 0 fully saturated rings. The van der Waals surface area contributed by atoms with E-state index >= 15 is 0 Å². The van der Waals surface area contributed by atoms with E-state index in [9.17, 15) is 35.9 Å². The van der Waals surface area contributed by atoms with E-state index in [1.54, 1.807) is 7.05 Å². The molecule has 20 heteroatoms. The zero-order chi connectivity index (χ0) is 36.2. The molecule has 0 saturated heterocycles. The molecular formula is C29H34F6N8O2S4. The van der Waals surface area contributed by atoms with Crippen LogP contribution in [0.15, 0.2) is 56.2 Å². The van der Waals surface area contributed by atoms with Crippen molar-refractivity contribution in [1.29, 1.82) is 0 Å². The van der Waals surface area contributed by atoms with Crippen LogP contribution in [-0.4, -0.2) is 78.0 Å². The number of thioether (sulfide) groups is 4. The van der Waals surface area contributed by atoms with Gasteiger partial charge in [-0.25, -0.2) is 9.97 Å². The summed E-state index contributed by atoms with van der Waals surface area (Å²) in [5, 5.41) is 7.75. The zero-order valence-corrected chi connectivity index (χ0v) is 29.2. The number of hydrogen-bond acceptors (Lipinski definition) is 12. The van der Waals surface area contributed by atoms with E-state index in [0.29, 0.717) is 33.6 Å². The van der Waals surface area contributed by atoms with Crippen molar-refractivity contribution in [2.75, 3.05) is 66.9 Å². The Hall–Kier alpha value is -2.72. The number of nitrogens with one attached hydrogen (secondary N) is 3. The smallest absolute Gasteiger partial charge is 0.330 e. The van der Waals surface area contributed by atoms with Crippen LogP contribution in [0, 0.1) is 0 Å². The number of benzene rings is 2. The molecule has 49 heavy (non-hydrogen) atoms. The summed E-state index contributed by atoms with van der Waals surface area (Å²) < 4.78 is 84.1. The summed E-state index contributed by atoms with van der Waals surface area (Å²) in [7, 11) is 1.68. The van der Waals surface area contributed by atoms with Crippen LogP contribution in [0.2, 0.25) is 0 Å². The fourth-order valence-corrected chi connectivity index (χ4v) is 7.67. The van der Waals surface area contributed by atoms with Crippen molar-refractivity contribution in [2.24, 2.45) is 17.2 Å². The molecule has 10 nitrogen and oxygen atoms in total. The molecule has 1 heterocycles. The normalized spacial score (nSPS) is 11.9. The van der Waals surface area contributed by atoms with Gasteiger partial charge in [-0.15, -0.1) is 47.0 Å². The Morgan fingerprint density at radius 1 is 0.633 bits per heavy atom. The molecule has 0 aliphatic rings. The third kappa shape index (κ3) is 11.9. The third-order valence-electron chi connectivity index (χ3n) is 6.14. The number of nitrogens with two attached hydrogens (primary N) is 3. The molecule has 9 N–H and O–H groups in total. The molecule has 1 aromatic heterocycles. The van der Waals surface area contributed by atoms with Gasteiger partial charge in [0.05, 0.1) is 22.5 Å². The van der Waals surface area contributed by atoms with Crippen LogP contribution < -0.4 is 33.2 Å². The third-order valence-corrected chi connectivity index (χ3v) is 10.5. The average molecular weight is 769 g/mol. The van der Waals surface area contributed by atoms with Gasteiger partial charge in [-0.2, -0.15) is 26.3 Å². The van der Waals surface area contributed by atoms with E-state index in [1.807, 2.05) is 0 Å². The molecule has 3 aromatic rings. The second kappa shape index (κ2) is 19.0. The maximum absolute atomic E-state index is 14.1. The van der Waals surface area contributed by atoms with Crippen LogP contribution in [0.3, 0.4) is 0 Å². The molecule has 2 amide bonds. The number of anilines is 2. The summed E-state index contributed by atoms with van der Waals surface area (Å²) in [5.41, 5.74) is 13.7. The zero-order valence-electron chi connectivity index (χ0n) is 26.0. The fraction of sp³-hybridized carbons (Fsp3) is 0.379. The lowest BCUT2D eigenvalue weighted by Gasteiger charge is -2.18. The van der Waals surface area contributed by atoms with Crippen molar-refractivity contribution in [3.05, 3.63) is 59.2 Å². The Balaban J connectivity index is 1.95. The minimum atomic E-state index is -4.75. The van der Waals surface area contributed by atoms with Gasteiger partial charge in [-0.1, -0.05) is 0 Å². The first kappa shape index (κ1) is 40.7. The van der Waals surface area contributed by atoms with Gasteiger partial charge in [0.25, 0.3) is 11.8 Å². The van der Waals surface area contributed by atoms with Gasteiger partial charge < -0.3 is 33.2 Å². The number of alkyl halides is 6. The van der Waals surface area contributed by atoms with E-state index in [0.717, 1.165) is 71.6 Å². The largest absolute Gasteiger partial charge is 0.417 e. The molecule has 268 valence electrons. The molecular weight excluding hydrogens is 735 g/mol. The molecule has 0 saturated carbocycles. The van der Waals surface area contributed by atoms with Gasteiger partial charge in [0, 0.05) is 74.8 Å². The van der Waals surface area contributed by atoms with Crippen LogP contribution in [-0.2, 0) is 12.4 Å². The predicted octanol–water partition coefficient (Wildman–Crippen LogP) is 5.48. The van der Waals surface area contributed by atoms with Crippen molar-refractivity contribution in [3.8, 4) is 0 Å². The van der Waals surface area contributed by atoms with Gasteiger partial charge >= 0.3 is 12.4 Å².